The first-order chi connectivity index (χ1) is 9.77. The molecule has 20 heavy (non-hydrogen) atoms. The highest BCUT2D eigenvalue weighted by Crippen LogP contribution is 2.05. The smallest absolute Gasteiger partial charge is 0.303 e. The molecule has 0 saturated heterocycles. The fraction of sp³-hybridized carbons (Fsp3) is 0.611. The van der Waals surface area contributed by atoms with Gasteiger partial charge >= 0.3 is 5.97 Å². The lowest BCUT2D eigenvalue weighted by atomic mass is 10.1. The van der Waals surface area contributed by atoms with Crippen molar-refractivity contribution in [3.8, 4) is 11.8 Å². The average Bonchev–Trinajstić information content (AvgIpc) is 2.43. The lowest BCUT2D eigenvalue weighted by Crippen LogP contribution is -1.93. The summed E-state index contributed by atoms with van der Waals surface area (Å²) in [5, 5.41) is 8.49. The van der Waals surface area contributed by atoms with Crippen molar-refractivity contribution in [1.82, 2.24) is 0 Å². The highest BCUT2D eigenvalue weighted by molar-refractivity contribution is 5.66. The molecule has 112 valence electrons. The van der Waals surface area contributed by atoms with Gasteiger partial charge in [0.15, 0.2) is 0 Å². The number of aliphatic carboxylic acids is 1. The molecule has 0 aromatic rings. The van der Waals surface area contributed by atoms with Gasteiger partial charge in [-0.3, -0.25) is 4.79 Å². The second-order valence-electron chi connectivity index (χ2n) is 4.91. The minimum atomic E-state index is -0.689. The molecule has 0 atom stereocenters. The zero-order chi connectivity index (χ0) is 14.9. The molecule has 0 aromatic carbocycles. The highest BCUT2D eigenvalue weighted by atomic mass is 16.4. The molecular weight excluding hydrogens is 248 g/mol. The van der Waals surface area contributed by atoms with Crippen molar-refractivity contribution >= 4 is 5.97 Å². The fourth-order valence-electron chi connectivity index (χ4n) is 1.76. The van der Waals surface area contributed by atoms with Crippen molar-refractivity contribution in [2.45, 2.75) is 71.1 Å². The molecule has 2 nitrogen and oxygen atoms in total. The summed E-state index contributed by atoms with van der Waals surface area (Å²) in [6.45, 7) is 2.20. The molecule has 1 N–H and O–H groups in total. The van der Waals surface area contributed by atoms with Crippen molar-refractivity contribution < 1.29 is 9.90 Å². The average molecular weight is 276 g/mol. The summed E-state index contributed by atoms with van der Waals surface area (Å²) in [5.41, 5.74) is 0. The van der Waals surface area contributed by atoms with Gasteiger partial charge in [-0.25, -0.2) is 0 Å². The van der Waals surface area contributed by atoms with Crippen LogP contribution in [0.1, 0.15) is 71.1 Å². The van der Waals surface area contributed by atoms with Gasteiger partial charge in [0.05, 0.1) is 0 Å². The highest BCUT2D eigenvalue weighted by Gasteiger charge is 1.95. The first-order valence-corrected chi connectivity index (χ1v) is 7.79. The molecule has 0 fully saturated rings. The van der Waals surface area contributed by atoms with Crippen LogP contribution in [-0.2, 0) is 4.79 Å². The summed E-state index contributed by atoms with van der Waals surface area (Å²) in [7, 11) is 0. The van der Waals surface area contributed by atoms with Crippen LogP contribution in [0.4, 0.5) is 0 Å². The van der Waals surface area contributed by atoms with Crippen molar-refractivity contribution in [2.24, 2.45) is 0 Å². The van der Waals surface area contributed by atoms with E-state index in [1.165, 1.54) is 19.3 Å². The topological polar surface area (TPSA) is 37.3 Å². The van der Waals surface area contributed by atoms with Gasteiger partial charge < -0.3 is 5.11 Å². The zero-order valence-electron chi connectivity index (χ0n) is 12.7. The Labute approximate surface area is 124 Å². The Hall–Kier alpha value is -1.49. The third kappa shape index (κ3) is 16.5. The SMILES string of the molecule is CCCCCC#C/C=C/C=C/CCCCCCC(=O)O. The summed E-state index contributed by atoms with van der Waals surface area (Å²) >= 11 is 0. The standard InChI is InChI=1S/C18H28O2/c1-2-3-4-5-6-7-8-9-10-11-12-13-14-15-16-17-18(19)20/h8-11H,2-5,12-17H2,1H3,(H,19,20)/b9-8+,11-10+. The summed E-state index contributed by atoms with van der Waals surface area (Å²) < 4.78 is 0. The number of hydrogen-bond donors (Lipinski definition) is 1. The van der Waals surface area contributed by atoms with E-state index >= 15 is 0 Å². The normalized spacial score (nSPS) is 10.8. The Bertz CT molecular complexity index is 342. The maximum absolute atomic E-state index is 10.3. The van der Waals surface area contributed by atoms with Crippen LogP contribution in [0.2, 0.25) is 0 Å². The molecule has 0 aromatic heterocycles. The van der Waals surface area contributed by atoms with Crippen molar-refractivity contribution in [3.63, 3.8) is 0 Å². The van der Waals surface area contributed by atoms with Gasteiger partial charge in [-0.05, 0) is 31.8 Å². The minimum Gasteiger partial charge on any atom is -0.481 e. The molecule has 0 rings (SSSR count). The van der Waals surface area contributed by atoms with Crippen molar-refractivity contribution in [3.05, 3.63) is 24.3 Å². The van der Waals surface area contributed by atoms with Gasteiger partial charge in [0.25, 0.3) is 0 Å². The first kappa shape index (κ1) is 18.5. The van der Waals surface area contributed by atoms with E-state index in [0.29, 0.717) is 6.42 Å². The third-order valence-corrected chi connectivity index (χ3v) is 2.95. The van der Waals surface area contributed by atoms with E-state index in [0.717, 1.165) is 38.5 Å². The Morgan fingerprint density at radius 2 is 1.85 bits per heavy atom. The number of allylic oxidation sites excluding steroid dienone is 4. The quantitative estimate of drug-likeness (QED) is 0.323. The molecule has 0 radical (unpaired) electrons. The Morgan fingerprint density at radius 3 is 2.60 bits per heavy atom. The van der Waals surface area contributed by atoms with Crippen molar-refractivity contribution in [2.75, 3.05) is 0 Å². The van der Waals surface area contributed by atoms with Crippen LogP contribution in [-0.4, -0.2) is 11.1 Å². The van der Waals surface area contributed by atoms with E-state index in [1.54, 1.807) is 0 Å². The molecule has 0 aliphatic rings. The number of carboxylic acid groups (broad SMARTS) is 1. The molecule has 0 spiro atoms. The maximum Gasteiger partial charge on any atom is 0.303 e. The molecular formula is C18H28O2. The summed E-state index contributed by atoms with van der Waals surface area (Å²) in [4.78, 5) is 10.3. The van der Waals surface area contributed by atoms with Crippen LogP contribution in [0.3, 0.4) is 0 Å². The monoisotopic (exact) mass is 276 g/mol. The summed E-state index contributed by atoms with van der Waals surface area (Å²) in [6.07, 6.45) is 18.2. The van der Waals surface area contributed by atoms with E-state index in [-0.39, 0.29) is 0 Å². The second kappa shape index (κ2) is 15.6. The Kier molecular flexibility index (Phi) is 14.4. The molecule has 0 bridgehead atoms. The number of rotatable bonds is 11. The Morgan fingerprint density at radius 1 is 1.05 bits per heavy atom. The van der Waals surface area contributed by atoms with E-state index in [1.807, 2.05) is 18.2 Å². The second-order valence-corrected chi connectivity index (χ2v) is 4.91. The zero-order valence-corrected chi connectivity index (χ0v) is 12.7. The maximum atomic E-state index is 10.3. The van der Waals surface area contributed by atoms with Gasteiger partial charge in [-0.15, -0.1) is 0 Å². The van der Waals surface area contributed by atoms with Gasteiger partial charge in [0.2, 0.25) is 0 Å². The largest absolute Gasteiger partial charge is 0.481 e. The van der Waals surface area contributed by atoms with Crippen LogP contribution in [0.15, 0.2) is 24.3 Å². The number of unbranched alkanes of at least 4 members (excludes halogenated alkanes) is 7. The number of carbonyl (C=O) groups is 1. The third-order valence-electron chi connectivity index (χ3n) is 2.95. The van der Waals surface area contributed by atoms with Crippen LogP contribution in [0, 0.1) is 11.8 Å². The fourth-order valence-corrected chi connectivity index (χ4v) is 1.76. The Balaban J connectivity index is 3.36. The predicted octanol–water partition coefficient (Wildman–Crippen LogP) is 5.11. The van der Waals surface area contributed by atoms with E-state index in [2.05, 4.69) is 24.8 Å². The number of carboxylic acids is 1. The van der Waals surface area contributed by atoms with Crippen LogP contribution in [0.5, 0.6) is 0 Å². The molecule has 0 saturated carbocycles. The summed E-state index contributed by atoms with van der Waals surface area (Å²) in [6, 6.07) is 0. The molecule has 0 amide bonds. The van der Waals surface area contributed by atoms with Crippen LogP contribution in [0.25, 0.3) is 0 Å². The van der Waals surface area contributed by atoms with E-state index in [9.17, 15) is 4.79 Å². The lowest BCUT2D eigenvalue weighted by molar-refractivity contribution is -0.137. The minimum absolute atomic E-state index is 0.301. The lowest BCUT2D eigenvalue weighted by Gasteiger charge is -1.96. The predicted molar refractivity (Wildman–Crippen MR) is 85.5 cm³/mol. The van der Waals surface area contributed by atoms with Gasteiger partial charge in [-0.1, -0.05) is 62.7 Å². The number of hydrogen-bond acceptors (Lipinski definition) is 1. The van der Waals surface area contributed by atoms with Gasteiger partial charge in [0.1, 0.15) is 0 Å². The molecule has 0 heterocycles. The van der Waals surface area contributed by atoms with Gasteiger partial charge in [0, 0.05) is 12.8 Å². The molecule has 0 unspecified atom stereocenters. The summed E-state index contributed by atoms with van der Waals surface area (Å²) in [5.74, 6) is 5.48. The molecule has 2 heteroatoms. The van der Waals surface area contributed by atoms with Gasteiger partial charge in [-0.2, -0.15) is 0 Å². The molecule has 0 aliphatic heterocycles. The van der Waals surface area contributed by atoms with Crippen LogP contribution < -0.4 is 0 Å². The van der Waals surface area contributed by atoms with E-state index in [4.69, 9.17) is 5.11 Å². The van der Waals surface area contributed by atoms with Crippen molar-refractivity contribution in [1.29, 1.82) is 0 Å². The van der Waals surface area contributed by atoms with E-state index < -0.39 is 5.97 Å². The van der Waals surface area contributed by atoms with Crippen LogP contribution >= 0.6 is 0 Å². The first-order valence-electron chi connectivity index (χ1n) is 7.79. The molecule has 0 aliphatic carbocycles.